The van der Waals surface area contributed by atoms with Crippen LogP contribution in [0.3, 0.4) is 0 Å². The van der Waals surface area contributed by atoms with Gasteiger partial charge in [0.1, 0.15) is 6.10 Å². The first-order valence-electron chi connectivity index (χ1n) is 5.25. The second-order valence-electron chi connectivity index (χ2n) is 3.54. The van der Waals surface area contributed by atoms with Gasteiger partial charge in [-0.1, -0.05) is 6.07 Å². The Labute approximate surface area is 99.1 Å². The number of ether oxygens (including phenoxy) is 1. The molecule has 0 saturated carbocycles. The van der Waals surface area contributed by atoms with E-state index in [1.165, 1.54) is 7.11 Å². The van der Waals surface area contributed by atoms with Gasteiger partial charge in [0, 0.05) is 24.4 Å². The molecule has 0 bridgehead atoms. The van der Waals surface area contributed by atoms with Crippen LogP contribution in [0.5, 0.6) is 5.88 Å². The third-order valence-corrected chi connectivity index (χ3v) is 2.34. The van der Waals surface area contributed by atoms with Gasteiger partial charge in [-0.05, 0) is 18.2 Å². The molecule has 2 aromatic rings. The standard InChI is InChI=1S/C12H13N3O2/c1-17-12-6-5-10(14-15-12)11(16)8-9-4-2-3-7-13-9/h2-7,11,16H,8H2,1H3. The molecule has 2 aromatic heterocycles. The van der Waals surface area contributed by atoms with E-state index in [0.717, 1.165) is 5.69 Å². The van der Waals surface area contributed by atoms with Crippen molar-refractivity contribution in [2.45, 2.75) is 12.5 Å². The number of methoxy groups -OCH3 is 1. The summed E-state index contributed by atoms with van der Waals surface area (Å²) in [5.41, 5.74) is 1.33. The summed E-state index contributed by atoms with van der Waals surface area (Å²) in [6.45, 7) is 0. The number of aliphatic hydroxyl groups is 1. The highest BCUT2D eigenvalue weighted by Gasteiger charge is 2.11. The average Bonchev–Trinajstić information content (AvgIpc) is 2.40. The fourth-order valence-electron chi connectivity index (χ4n) is 1.44. The van der Waals surface area contributed by atoms with Crippen LogP contribution in [0.1, 0.15) is 17.5 Å². The van der Waals surface area contributed by atoms with Gasteiger partial charge in [0.25, 0.3) is 0 Å². The van der Waals surface area contributed by atoms with Gasteiger partial charge in [-0.15, -0.1) is 10.2 Å². The zero-order valence-corrected chi connectivity index (χ0v) is 9.45. The van der Waals surface area contributed by atoms with Crippen molar-refractivity contribution in [1.82, 2.24) is 15.2 Å². The summed E-state index contributed by atoms with van der Waals surface area (Å²) in [6, 6.07) is 8.95. The Bertz CT molecular complexity index is 459. The van der Waals surface area contributed by atoms with Crippen LogP contribution in [0.25, 0.3) is 0 Å². The fourth-order valence-corrected chi connectivity index (χ4v) is 1.44. The predicted molar refractivity (Wildman–Crippen MR) is 61.5 cm³/mol. The topological polar surface area (TPSA) is 68.1 Å². The zero-order valence-electron chi connectivity index (χ0n) is 9.45. The summed E-state index contributed by atoms with van der Waals surface area (Å²) in [5, 5.41) is 17.7. The van der Waals surface area contributed by atoms with Crippen molar-refractivity contribution in [2.75, 3.05) is 7.11 Å². The number of nitrogens with zero attached hydrogens (tertiary/aromatic N) is 3. The minimum absolute atomic E-state index is 0.419. The highest BCUT2D eigenvalue weighted by molar-refractivity contribution is 5.15. The lowest BCUT2D eigenvalue weighted by molar-refractivity contribution is 0.170. The Hall–Kier alpha value is -2.01. The van der Waals surface area contributed by atoms with Gasteiger partial charge in [0.05, 0.1) is 12.8 Å². The first-order valence-corrected chi connectivity index (χ1v) is 5.25. The number of pyridine rings is 1. The molecule has 2 rings (SSSR count). The molecule has 0 aliphatic carbocycles. The number of aromatic nitrogens is 3. The maximum atomic E-state index is 9.95. The molecule has 1 unspecified atom stereocenters. The van der Waals surface area contributed by atoms with Gasteiger partial charge in [0.2, 0.25) is 5.88 Å². The fraction of sp³-hybridized carbons (Fsp3) is 0.250. The van der Waals surface area contributed by atoms with Crippen LogP contribution in [0.15, 0.2) is 36.5 Å². The minimum Gasteiger partial charge on any atom is -0.480 e. The number of rotatable bonds is 4. The van der Waals surface area contributed by atoms with Gasteiger partial charge in [-0.2, -0.15) is 0 Å². The molecule has 0 aromatic carbocycles. The van der Waals surface area contributed by atoms with Gasteiger partial charge < -0.3 is 9.84 Å². The minimum atomic E-state index is -0.705. The second-order valence-corrected chi connectivity index (χ2v) is 3.54. The molecule has 0 saturated heterocycles. The summed E-state index contributed by atoms with van der Waals surface area (Å²) < 4.78 is 4.90. The van der Waals surface area contributed by atoms with Crippen molar-refractivity contribution in [1.29, 1.82) is 0 Å². The first-order chi connectivity index (χ1) is 8.29. The highest BCUT2D eigenvalue weighted by atomic mass is 16.5. The van der Waals surface area contributed by atoms with E-state index in [1.807, 2.05) is 18.2 Å². The van der Waals surface area contributed by atoms with E-state index in [0.29, 0.717) is 18.0 Å². The van der Waals surface area contributed by atoms with Gasteiger partial charge in [-0.25, -0.2) is 0 Å². The van der Waals surface area contributed by atoms with E-state index in [2.05, 4.69) is 15.2 Å². The van der Waals surface area contributed by atoms with Crippen LogP contribution < -0.4 is 4.74 Å². The molecule has 5 nitrogen and oxygen atoms in total. The molecule has 0 aliphatic heterocycles. The number of hydrogen-bond donors (Lipinski definition) is 1. The zero-order chi connectivity index (χ0) is 12.1. The molecule has 0 fully saturated rings. The van der Waals surface area contributed by atoms with Crippen LogP contribution in [0, 0.1) is 0 Å². The Morgan fingerprint density at radius 2 is 2.12 bits per heavy atom. The monoisotopic (exact) mass is 231 g/mol. The molecule has 0 radical (unpaired) electrons. The van der Waals surface area contributed by atoms with Crippen LogP contribution >= 0.6 is 0 Å². The third kappa shape index (κ3) is 2.98. The van der Waals surface area contributed by atoms with E-state index >= 15 is 0 Å². The summed E-state index contributed by atoms with van der Waals surface area (Å²) >= 11 is 0. The van der Waals surface area contributed by atoms with Gasteiger partial charge in [-0.3, -0.25) is 4.98 Å². The molecule has 88 valence electrons. The van der Waals surface area contributed by atoms with E-state index < -0.39 is 6.10 Å². The molecular weight excluding hydrogens is 218 g/mol. The average molecular weight is 231 g/mol. The van der Waals surface area contributed by atoms with Crippen LogP contribution in [0.4, 0.5) is 0 Å². The Balaban J connectivity index is 2.06. The van der Waals surface area contributed by atoms with E-state index in [9.17, 15) is 5.11 Å². The maximum Gasteiger partial charge on any atom is 0.233 e. The lowest BCUT2D eigenvalue weighted by Gasteiger charge is -2.08. The third-order valence-electron chi connectivity index (χ3n) is 2.34. The molecule has 0 amide bonds. The smallest absolute Gasteiger partial charge is 0.233 e. The lowest BCUT2D eigenvalue weighted by atomic mass is 10.1. The van der Waals surface area contributed by atoms with E-state index in [1.54, 1.807) is 18.3 Å². The maximum absolute atomic E-state index is 9.95. The quantitative estimate of drug-likeness (QED) is 0.855. The van der Waals surface area contributed by atoms with Crippen LogP contribution in [-0.2, 0) is 6.42 Å². The summed E-state index contributed by atoms with van der Waals surface area (Å²) in [4.78, 5) is 4.15. The number of aliphatic hydroxyl groups excluding tert-OH is 1. The normalized spacial score (nSPS) is 12.1. The SMILES string of the molecule is COc1ccc(C(O)Cc2ccccn2)nn1. The van der Waals surface area contributed by atoms with E-state index in [-0.39, 0.29) is 0 Å². The predicted octanol–water partition coefficient (Wildman–Crippen LogP) is 1.16. The van der Waals surface area contributed by atoms with Crippen molar-refractivity contribution in [3.63, 3.8) is 0 Å². The number of hydrogen-bond acceptors (Lipinski definition) is 5. The Kier molecular flexibility index (Phi) is 3.62. The lowest BCUT2D eigenvalue weighted by Crippen LogP contribution is -2.06. The molecule has 2 heterocycles. The highest BCUT2D eigenvalue weighted by Crippen LogP contribution is 2.15. The Morgan fingerprint density at radius 1 is 1.24 bits per heavy atom. The van der Waals surface area contributed by atoms with E-state index in [4.69, 9.17) is 4.74 Å². The summed E-state index contributed by atoms with van der Waals surface area (Å²) in [6.07, 6.45) is 1.41. The largest absolute Gasteiger partial charge is 0.480 e. The van der Waals surface area contributed by atoms with Crippen molar-refractivity contribution in [3.05, 3.63) is 47.9 Å². The summed E-state index contributed by atoms with van der Waals surface area (Å²) in [7, 11) is 1.52. The van der Waals surface area contributed by atoms with Gasteiger partial charge >= 0.3 is 0 Å². The molecule has 1 atom stereocenters. The van der Waals surface area contributed by atoms with Crippen molar-refractivity contribution >= 4 is 0 Å². The molecule has 0 aliphatic rings. The Morgan fingerprint density at radius 3 is 2.71 bits per heavy atom. The van der Waals surface area contributed by atoms with Crippen molar-refractivity contribution in [2.24, 2.45) is 0 Å². The second kappa shape index (κ2) is 5.36. The first kappa shape index (κ1) is 11.5. The van der Waals surface area contributed by atoms with Crippen molar-refractivity contribution in [3.8, 4) is 5.88 Å². The molecule has 5 heteroatoms. The molecule has 1 N–H and O–H groups in total. The molecular formula is C12H13N3O2. The molecule has 17 heavy (non-hydrogen) atoms. The van der Waals surface area contributed by atoms with Gasteiger partial charge in [0.15, 0.2) is 0 Å². The summed E-state index contributed by atoms with van der Waals surface area (Å²) in [5.74, 6) is 0.429. The van der Waals surface area contributed by atoms with Crippen LogP contribution in [-0.4, -0.2) is 27.4 Å². The van der Waals surface area contributed by atoms with Crippen LogP contribution in [0.2, 0.25) is 0 Å². The van der Waals surface area contributed by atoms with Crippen molar-refractivity contribution < 1.29 is 9.84 Å². The molecule has 0 spiro atoms.